The summed E-state index contributed by atoms with van der Waals surface area (Å²) in [5.74, 6) is 0.301. The van der Waals surface area contributed by atoms with E-state index in [0.29, 0.717) is 6.61 Å². The lowest BCUT2D eigenvalue weighted by atomic mass is 10.0. The molecule has 0 saturated heterocycles. The Kier molecular flexibility index (Phi) is 22.5. The topological polar surface area (TPSA) is 78.7 Å². The minimum atomic E-state index is -2.01. The lowest BCUT2D eigenvalue weighted by Gasteiger charge is -2.19. The monoisotopic (exact) mass is 570 g/mol. The Bertz CT molecular complexity index is 703. The highest BCUT2D eigenvalue weighted by Gasteiger charge is 2.17. The van der Waals surface area contributed by atoms with Crippen LogP contribution in [0.25, 0.3) is 0 Å². The molecular formula is C31H57NO6P+. The molecule has 2 N–H and O–H groups in total. The number of nitrogens with one attached hydrogen (secondary N) is 1. The Balaban J connectivity index is 2.18. The number of benzene rings is 1. The maximum absolute atomic E-state index is 11.5. The predicted molar refractivity (Wildman–Crippen MR) is 160 cm³/mol. The van der Waals surface area contributed by atoms with Crippen molar-refractivity contribution in [2.45, 2.75) is 116 Å². The van der Waals surface area contributed by atoms with E-state index in [9.17, 15) is 9.69 Å². The number of hydrogen-bond acceptors (Lipinski definition) is 6. The van der Waals surface area contributed by atoms with Crippen LogP contribution in [0.15, 0.2) is 24.3 Å². The molecule has 2 unspecified atom stereocenters. The molecule has 0 bridgehead atoms. The molecule has 0 spiro atoms. The van der Waals surface area contributed by atoms with Gasteiger partial charge in [-0.2, -0.15) is 0 Å². The van der Waals surface area contributed by atoms with E-state index < -0.39 is 20.7 Å². The third-order valence-corrected chi connectivity index (χ3v) is 7.43. The van der Waals surface area contributed by atoms with E-state index >= 15 is 0 Å². The van der Waals surface area contributed by atoms with Gasteiger partial charge >= 0.3 is 14.6 Å². The summed E-state index contributed by atoms with van der Waals surface area (Å²) in [4.78, 5) is 22.8. The van der Waals surface area contributed by atoms with Gasteiger partial charge in [-0.15, -0.1) is 0 Å². The van der Waals surface area contributed by atoms with Gasteiger partial charge in [-0.3, -0.25) is 4.79 Å². The maximum Gasteiger partial charge on any atom is 0.329 e. The Morgan fingerprint density at radius 1 is 0.821 bits per heavy atom. The molecule has 8 heteroatoms. The van der Waals surface area contributed by atoms with Crippen LogP contribution >= 0.6 is 8.60 Å². The summed E-state index contributed by atoms with van der Waals surface area (Å²) >= 11 is 0. The van der Waals surface area contributed by atoms with E-state index in [1.165, 1.54) is 94.4 Å². The van der Waals surface area contributed by atoms with Crippen molar-refractivity contribution >= 4 is 14.6 Å². The molecule has 0 heterocycles. The van der Waals surface area contributed by atoms with Gasteiger partial charge in [0.2, 0.25) is 0 Å². The molecule has 0 saturated carbocycles. The molecule has 0 amide bonds. The van der Waals surface area contributed by atoms with Crippen LogP contribution in [0.4, 0.5) is 0 Å². The fourth-order valence-electron chi connectivity index (χ4n) is 4.37. The number of unbranched alkanes of at least 4 members (excludes halogenated alkanes) is 12. The second kappa shape index (κ2) is 24.5. The van der Waals surface area contributed by atoms with Crippen molar-refractivity contribution in [1.82, 2.24) is 0 Å². The summed E-state index contributed by atoms with van der Waals surface area (Å²) in [6.45, 7) is 5.28. The Labute approximate surface area is 239 Å². The normalized spacial score (nSPS) is 13.0. The molecule has 1 rings (SSSR count). The second-order valence-electron chi connectivity index (χ2n) is 10.9. The lowest BCUT2D eigenvalue weighted by Crippen LogP contribution is -3.05. The fourth-order valence-corrected chi connectivity index (χ4v) is 5.02. The summed E-state index contributed by atoms with van der Waals surface area (Å²) in [6, 6.07) is 8.12. The number of ether oxygens (including phenoxy) is 2. The molecule has 1 aromatic carbocycles. The SMILES string of the molecule is CCCCCCCCCCCCCCc1ccc(OCC(COP(O)OCCCC[NH+](C)C)OC(C)=O)cc1. The molecule has 0 aliphatic heterocycles. The van der Waals surface area contributed by atoms with Crippen LogP contribution in [0.5, 0.6) is 5.75 Å². The molecule has 7 nitrogen and oxygen atoms in total. The average Bonchev–Trinajstić information content (AvgIpc) is 2.91. The summed E-state index contributed by atoms with van der Waals surface area (Å²) in [5, 5.41) is 0. The van der Waals surface area contributed by atoms with Gasteiger partial charge in [0.15, 0.2) is 6.10 Å². The highest BCUT2D eigenvalue weighted by Crippen LogP contribution is 2.33. The summed E-state index contributed by atoms with van der Waals surface area (Å²) in [6.07, 6.45) is 18.7. The first kappa shape index (κ1) is 35.8. The van der Waals surface area contributed by atoms with Gasteiger partial charge in [0, 0.05) is 6.92 Å². The Morgan fingerprint density at radius 3 is 1.97 bits per heavy atom. The van der Waals surface area contributed by atoms with Crippen LogP contribution in [0.2, 0.25) is 0 Å². The molecule has 1 aromatic rings. The number of esters is 1. The van der Waals surface area contributed by atoms with Crippen LogP contribution in [0, 0.1) is 0 Å². The average molecular weight is 571 g/mol. The van der Waals surface area contributed by atoms with E-state index in [1.807, 2.05) is 12.1 Å². The summed E-state index contributed by atoms with van der Waals surface area (Å²) < 4.78 is 21.9. The van der Waals surface area contributed by atoms with Gasteiger partial charge < -0.3 is 28.3 Å². The van der Waals surface area contributed by atoms with Crippen LogP contribution in [-0.4, -0.2) is 57.4 Å². The third kappa shape index (κ3) is 22.2. The zero-order valence-electron chi connectivity index (χ0n) is 25.3. The Morgan fingerprint density at radius 2 is 1.41 bits per heavy atom. The molecule has 0 aromatic heterocycles. The number of rotatable bonds is 26. The highest BCUT2D eigenvalue weighted by molar-refractivity contribution is 7.40. The second-order valence-corrected chi connectivity index (χ2v) is 11.8. The van der Waals surface area contributed by atoms with Crippen LogP contribution in [0.3, 0.4) is 0 Å². The zero-order valence-corrected chi connectivity index (χ0v) is 26.2. The maximum atomic E-state index is 11.5. The standard InChI is InChI=1S/C31H56NO6P/c1-5-6-7-8-9-10-11-12-13-14-15-16-19-29-20-22-30(23-21-29)35-26-31(38-28(2)33)27-37-39(34)36-25-18-17-24-32(3)4/h20-23,31,34H,5-19,24-27H2,1-4H3/p+1. The first-order valence-corrected chi connectivity index (χ1v) is 16.5. The predicted octanol–water partition coefficient (Wildman–Crippen LogP) is 6.42. The smallest absolute Gasteiger partial charge is 0.329 e. The van der Waals surface area contributed by atoms with Crippen molar-refractivity contribution in [3.8, 4) is 5.75 Å². The van der Waals surface area contributed by atoms with E-state index in [4.69, 9.17) is 18.5 Å². The largest absolute Gasteiger partial charge is 0.490 e. The van der Waals surface area contributed by atoms with Crippen molar-refractivity contribution in [1.29, 1.82) is 0 Å². The number of aryl methyl sites for hydroxylation is 1. The minimum Gasteiger partial charge on any atom is -0.490 e. The van der Waals surface area contributed by atoms with Crippen LogP contribution < -0.4 is 9.64 Å². The minimum absolute atomic E-state index is 0.0146. The van der Waals surface area contributed by atoms with Gasteiger partial charge in [-0.1, -0.05) is 89.7 Å². The molecule has 0 fully saturated rings. The number of carbonyl (C=O) groups excluding carboxylic acids is 1. The number of quaternary nitrogens is 1. The number of carbonyl (C=O) groups is 1. The summed E-state index contributed by atoms with van der Waals surface area (Å²) in [5.41, 5.74) is 1.31. The van der Waals surface area contributed by atoms with Gasteiger partial charge in [-0.05, 0) is 43.4 Å². The van der Waals surface area contributed by atoms with Gasteiger partial charge in [0.1, 0.15) is 12.4 Å². The van der Waals surface area contributed by atoms with Crippen LogP contribution in [-0.2, 0) is 25.0 Å². The molecular weight excluding hydrogens is 513 g/mol. The number of hydrogen-bond donors (Lipinski definition) is 2. The van der Waals surface area contributed by atoms with Gasteiger partial charge in [-0.25, -0.2) is 0 Å². The van der Waals surface area contributed by atoms with Gasteiger partial charge in [0.05, 0.1) is 33.9 Å². The van der Waals surface area contributed by atoms with Crippen LogP contribution in [0.1, 0.15) is 109 Å². The first-order chi connectivity index (χ1) is 18.9. The highest BCUT2D eigenvalue weighted by atomic mass is 31.2. The van der Waals surface area contributed by atoms with E-state index in [-0.39, 0.29) is 13.2 Å². The van der Waals surface area contributed by atoms with Crippen molar-refractivity contribution in [2.75, 3.05) is 40.5 Å². The molecule has 226 valence electrons. The summed E-state index contributed by atoms with van der Waals surface area (Å²) in [7, 11) is 2.20. The lowest BCUT2D eigenvalue weighted by molar-refractivity contribution is -0.858. The molecule has 39 heavy (non-hydrogen) atoms. The third-order valence-electron chi connectivity index (χ3n) is 6.65. The van der Waals surface area contributed by atoms with Crippen molar-refractivity contribution in [3.63, 3.8) is 0 Å². The van der Waals surface area contributed by atoms with Crippen molar-refractivity contribution in [2.24, 2.45) is 0 Å². The zero-order chi connectivity index (χ0) is 28.6. The Hall–Kier alpha value is -1.24. The first-order valence-electron chi connectivity index (χ1n) is 15.3. The van der Waals surface area contributed by atoms with E-state index in [0.717, 1.165) is 31.6 Å². The quantitative estimate of drug-likeness (QED) is 0.0761. The van der Waals surface area contributed by atoms with E-state index in [2.05, 4.69) is 33.2 Å². The van der Waals surface area contributed by atoms with E-state index in [1.54, 1.807) is 0 Å². The van der Waals surface area contributed by atoms with Crippen molar-refractivity contribution < 1.29 is 33.1 Å². The molecule has 0 aliphatic rings. The van der Waals surface area contributed by atoms with Crippen molar-refractivity contribution in [3.05, 3.63) is 29.8 Å². The fraction of sp³-hybridized carbons (Fsp3) is 0.774. The molecule has 2 atom stereocenters. The molecule has 0 radical (unpaired) electrons. The van der Waals surface area contributed by atoms with Gasteiger partial charge in [0.25, 0.3) is 0 Å². The molecule has 0 aliphatic carbocycles.